The van der Waals surface area contributed by atoms with Crippen LogP contribution in [0.3, 0.4) is 0 Å². The maximum absolute atomic E-state index is 11.7. The average molecular weight is 219 g/mol. The van der Waals surface area contributed by atoms with Gasteiger partial charge >= 0.3 is 0 Å². The van der Waals surface area contributed by atoms with Crippen LogP contribution in [0.25, 0.3) is 0 Å². The number of hydrogen-bond donors (Lipinski definition) is 2. The van der Waals surface area contributed by atoms with Crippen molar-refractivity contribution < 1.29 is 4.79 Å². The molecule has 4 nitrogen and oxygen atoms in total. The van der Waals surface area contributed by atoms with Crippen molar-refractivity contribution in [3.05, 3.63) is 17.0 Å². The molecule has 1 aromatic rings. The molecule has 16 heavy (non-hydrogen) atoms. The molecule has 4 heteroatoms. The molecule has 1 fully saturated rings. The van der Waals surface area contributed by atoms with Crippen LogP contribution >= 0.6 is 0 Å². The molecule has 0 bridgehead atoms. The molecule has 0 aromatic carbocycles. The fourth-order valence-electron chi connectivity index (χ4n) is 2.45. The number of nitrogens with one attached hydrogen (secondary N) is 2. The molecule has 0 spiro atoms. The zero-order valence-electron chi connectivity index (χ0n) is 9.55. The van der Waals surface area contributed by atoms with Crippen LogP contribution in [0.2, 0.25) is 0 Å². The van der Waals surface area contributed by atoms with Crippen LogP contribution in [-0.4, -0.2) is 22.1 Å². The number of aryl methyl sites for hydroxylation is 1. The topological polar surface area (TPSA) is 57.8 Å². The number of fused-ring (bicyclic) bond motifs is 1. The standard InChI is InChI=1S/C12H17N3O/c1-7-10-5-4-9(6-11(10)15-14-7)13-12(16)8-2-3-8/h8-9H,2-6H2,1H3,(H,13,16)(H,14,15). The maximum atomic E-state index is 11.7. The molecule has 1 amide bonds. The van der Waals surface area contributed by atoms with E-state index in [4.69, 9.17) is 0 Å². The summed E-state index contributed by atoms with van der Waals surface area (Å²) in [5.74, 6) is 0.558. The van der Waals surface area contributed by atoms with Crippen molar-refractivity contribution in [2.75, 3.05) is 0 Å². The average Bonchev–Trinajstić information content (AvgIpc) is 3.05. The summed E-state index contributed by atoms with van der Waals surface area (Å²) in [6.45, 7) is 2.06. The lowest BCUT2D eigenvalue weighted by Gasteiger charge is -2.22. The molecule has 1 unspecified atom stereocenters. The molecule has 2 N–H and O–H groups in total. The van der Waals surface area contributed by atoms with Crippen LogP contribution in [0.15, 0.2) is 0 Å². The van der Waals surface area contributed by atoms with Crippen molar-refractivity contribution in [2.45, 2.75) is 45.1 Å². The van der Waals surface area contributed by atoms with Crippen LogP contribution < -0.4 is 5.32 Å². The highest BCUT2D eigenvalue weighted by Gasteiger charge is 2.32. The van der Waals surface area contributed by atoms with E-state index >= 15 is 0 Å². The number of hydrogen-bond acceptors (Lipinski definition) is 2. The van der Waals surface area contributed by atoms with Crippen LogP contribution in [0, 0.1) is 12.8 Å². The second-order valence-electron chi connectivity index (χ2n) is 5.00. The van der Waals surface area contributed by atoms with E-state index in [0.717, 1.165) is 37.8 Å². The quantitative estimate of drug-likeness (QED) is 0.782. The zero-order valence-corrected chi connectivity index (χ0v) is 9.55. The molecule has 1 atom stereocenters. The Morgan fingerprint density at radius 1 is 1.44 bits per heavy atom. The van der Waals surface area contributed by atoms with Gasteiger partial charge in [-0.3, -0.25) is 9.89 Å². The van der Waals surface area contributed by atoms with E-state index in [1.165, 1.54) is 11.3 Å². The highest BCUT2D eigenvalue weighted by molar-refractivity contribution is 5.81. The van der Waals surface area contributed by atoms with Gasteiger partial charge in [0.2, 0.25) is 5.91 Å². The number of aromatic amines is 1. The fourth-order valence-corrected chi connectivity index (χ4v) is 2.45. The minimum Gasteiger partial charge on any atom is -0.353 e. The van der Waals surface area contributed by atoms with Gasteiger partial charge < -0.3 is 5.32 Å². The van der Waals surface area contributed by atoms with Gasteiger partial charge in [-0.15, -0.1) is 0 Å². The minimum absolute atomic E-state index is 0.251. The number of amides is 1. The van der Waals surface area contributed by atoms with E-state index in [1.807, 2.05) is 0 Å². The number of H-pyrrole nitrogens is 1. The largest absolute Gasteiger partial charge is 0.353 e. The van der Waals surface area contributed by atoms with Gasteiger partial charge in [0, 0.05) is 24.1 Å². The van der Waals surface area contributed by atoms with Crippen molar-refractivity contribution in [2.24, 2.45) is 5.92 Å². The predicted octanol–water partition coefficient (Wildman–Crippen LogP) is 1.10. The summed E-state index contributed by atoms with van der Waals surface area (Å²) < 4.78 is 0. The number of nitrogens with zero attached hydrogens (tertiary/aromatic N) is 1. The summed E-state index contributed by atoms with van der Waals surface area (Å²) in [6, 6.07) is 0.295. The van der Waals surface area contributed by atoms with Gasteiger partial charge in [-0.25, -0.2) is 0 Å². The van der Waals surface area contributed by atoms with Crippen molar-refractivity contribution in [3.8, 4) is 0 Å². The second-order valence-corrected chi connectivity index (χ2v) is 5.00. The van der Waals surface area contributed by atoms with E-state index < -0.39 is 0 Å². The molecule has 0 saturated heterocycles. The monoisotopic (exact) mass is 219 g/mol. The first-order valence-corrected chi connectivity index (χ1v) is 6.07. The van der Waals surface area contributed by atoms with Crippen molar-refractivity contribution in [1.82, 2.24) is 15.5 Å². The van der Waals surface area contributed by atoms with Gasteiger partial charge in [-0.2, -0.15) is 5.10 Å². The van der Waals surface area contributed by atoms with Crippen LogP contribution in [0.1, 0.15) is 36.2 Å². The van der Waals surface area contributed by atoms with E-state index in [-0.39, 0.29) is 5.91 Å². The Hall–Kier alpha value is -1.32. The van der Waals surface area contributed by atoms with Gasteiger partial charge in [0.05, 0.1) is 5.69 Å². The highest BCUT2D eigenvalue weighted by Crippen LogP contribution is 2.30. The Morgan fingerprint density at radius 3 is 3.00 bits per heavy atom. The van der Waals surface area contributed by atoms with Crippen LogP contribution in [0.5, 0.6) is 0 Å². The van der Waals surface area contributed by atoms with Gasteiger partial charge in [0.1, 0.15) is 0 Å². The smallest absolute Gasteiger partial charge is 0.223 e. The van der Waals surface area contributed by atoms with E-state index in [9.17, 15) is 4.79 Å². The molecular weight excluding hydrogens is 202 g/mol. The third-order valence-corrected chi connectivity index (χ3v) is 3.64. The molecule has 3 rings (SSSR count). The molecule has 86 valence electrons. The van der Waals surface area contributed by atoms with Gasteiger partial charge in [-0.1, -0.05) is 0 Å². The number of rotatable bonds is 2. The first kappa shape index (κ1) is 9.87. The summed E-state index contributed by atoms with van der Waals surface area (Å²) >= 11 is 0. The zero-order chi connectivity index (χ0) is 11.1. The summed E-state index contributed by atoms with van der Waals surface area (Å²) in [4.78, 5) is 11.7. The Balaban J connectivity index is 1.66. The molecular formula is C12H17N3O. The lowest BCUT2D eigenvalue weighted by atomic mass is 9.92. The summed E-state index contributed by atoms with van der Waals surface area (Å²) in [6.07, 6.45) is 5.12. The molecule has 1 aromatic heterocycles. The lowest BCUT2D eigenvalue weighted by Crippen LogP contribution is -2.39. The maximum Gasteiger partial charge on any atom is 0.223 e. The van der Waals surface area contributed by atoms with Gasteiger partial charge in [-0.05, 0) is 38.2 Å². The fraction of sp³-hybridized carbons (Fsp3) is 0.667. The number of aromatic nitrogens is 2. The Bertz CT molecular complexity index is 420. The van der Waals surface area contributed by atoms with Crippen molar-refractivity contribution >= 4 is 5.91 Å². The summed E-state index contributed by atoms with van der Waals surface area (Å²) in [5, 5.41) is 10.5. The molecule has 2 aliphatic carbocycles. The normalized spacial score (nSPS) is 23.9. The Morgan fingerprint density at radius 2 is 2.25 bits per heavy atom. The third kappa shape index (κ3) is 1.72. The first-order chi connectivity index (χ1) is 7.74. The summed E-state index contributed by atoms with van der Waals surface area (Å²) in [5.41, 5.74) is 3.68. The van der Waals surface area contributed by atoms with Gasteiger partial charge in [0.15, 0.2) is 0 Å². The van der Waals surface area contributed by atoms with Crippen molar-refractivity contribution in [1.29, 1.82) is 0 Å². The lowest BCUT2D eigenvalue weighted by molar-refractivity contribution is -0.123. The Labute approximate surface area is 94.8 Å². The number of carbonyl (C=O) groups excluding carboxylic acids is 1. The van der Waals surface area contributed by atoms with E-state index in [0.29, 0.717) is 12.0 Å². The molecule has 1 heterocycles. The second kappa shape index (κ2) is 3.61. The molecule has 2 aliphatic rings. The number of carbonyl (C=O) groups is 1. The first-order valence-electron chi connectivity index (χ1n) is 6.07. The SMILES string of the molecule is Cc1[nH]nc2c1CCC(NC(=O)C1CC1)C2. The summed E-state index contributed by atoms with van der Waals surface area (Å²) in [7, 11) is 0. The van der Waals surface area contributed by atoms with Gasteiger partial charge in [0.25, 0.3) is 0 Å². The van der Waals surface area contributed by atoms with Crippen molar-refractivity contribution in [3.63, 3.8) is 0 Å². The van der Waals surface area contributed by atoms with Crippen LogP contribution in [-0.2, 0) is 17.6 Å². The Kier molecular flexibility index (Phi) is 2.23. The van der Waals surface area contributed by atoms with E-state index in [1.54, 1.807) is 0 Å². The predicted molar refractivity (Wildman–Crippen MR) is 60.0 cm³/mol. The van der Waals surface area contributed by atoms with Crippen LogP contribution in [0.4, 0.5) is 0 Å². The third-order valence-electron chi connectivity index (χ3n) is 3.64. The molecule has 1 saturated carbocycles. The molecule has 0 radical (unpaired) electrons. The highest BCUT2D eigenvalue weighted by atomic mass is 16.2. The minimum atomic E-state index is 0.251. The van der Waals surface area contributed by atoms with E-state index in [2.05, 4.69) is 22.4 Å². The molecule has 0 aliphatic heterocycles.